The molecule has 1 aliphatic rings. The van der Waals surface area contributed by atoms with E-state index >= 15 is 0 Å². The Morgan fingerprint density at radius 3 is 2.81 bits per heavy atom. The Morgan fingerprint density at radius 2 is 2.08 bits per heavy atom. The maximum atomic E-state index is 13.6. The number of halogens is 2. The molecule has 4 aromatic rings. The van der Waals surface area contributed by atoms with E-state index in [1.807, 2.05) is 42.9 Å². The van der Waals surface area contributed by atoms with Crippen molar-refractivity contribution in [3.8, 4) is 11.1 Å². The molecule has 0 radical (unpaired) electrons. The number of carbonyl (C=O) groups is 1. The molecule has 0 saturated carbocycles. The number of hydrogen-bond donors (Lipinski definition) is 1. The second kappa shape index (κ2) is 9.75. The van der Waals surface area contributed by atoms with Crippen LogP contribution in [-0.2, 0) is 24.9 Å². The molecule has 5 rings (SSSR count). The molecule has 0 saturated heterocycles. The molecule has 4 heterocycles. The van der Waals surface area contributed by atoms with Gasteiger partial charge in [0.2, 0.25) is 0 Å². The molecular weight excluding hydrogens is 483 g/mol. The summed E-state index contributed by atoms with van der Waals surface area (Å²) in [7, 11) is 3.46. The number of amides is 1. The van der Waals surface area contributed by atoms with Gasteiger partial charge < -0.3 is 19.5 Å². The highest BCUT2D eigenvalue weighted by atomic mass is 35.5. The van der Waals surface area contributed by atoms with E-state index in [0.29, 0.717) is 36.2 Å². The summed E-state index contributed by atoms with van der Waals surface area (Å²) < 4.78 is 22.7. The fourth-order valence-corrected chi connectivity index (χ4v) is 4.75. The van der Waals surface area contributed by atoms with E-state index in [2.05, 4.69) is 15.4 Å². The van der Waals surface area contributed by atoms with Crippen LogP contribution in [0.1, 0.15) is 21.6 Å². The van der Waals surface area contributed by atoms with E-state index in [4.69, 9.17) is 16.3 Å². The molecule has 8 nitrogen and oxygen atoms in total. The van der Waals surface area contributed by atoms with Crippen molar-refractivity contribution in [1.82, 2.24) is 24.2 Å². The number of pyridine rings is 1. The van der Waals surface area contributed by atoms with Crippen LogP contribution in [0.5, 0.6) is 0 Å². The normalized spacial score (nSPS) is 15.3. The monoisotopic (exact) mass is 508 g/mol. The van der Waals surface area contributed by atoms with Gasteiger partial charge in [-0.3, -0.25) is 9.48 Å². The minimum absolute atomic E-state index is 0.114. The van der Waals surface area contributed by atoms with Crippen LogP contribution in [0.4, 0.5) is 16.0 Å². The molecule has 3 aromatic heterocycles. The Kier molecular flexibility index (Phi) is 6.51. The number of benzene rings is 1. The maximum absolute atomic E-state index is 13.6. The summed E-state index contributed by atoms with van der Waals surface area (Å²) >= 11 is 6.53. The number of aromatic nitrogens is 4. The van der Waals surface area contributed by atoms with Gasteiger partial charge in [0.1, 0.15) is 23.1 Å². The van der Waals surface area contributed by atoms with Gasteiger partial charge in [-0.05, 0) is 42.3 Å². The highest BCUT2D eigenvalue weighted by molar-refractivity contribution is 6.33. The maximum Gasteiger partial charge on any atom is 0.271 e. The molecule has 1 amide bonds. The van der Waals surface area contributed by atoms with Crippen molar-refractivity contribution < 1.29 is 13.9 Å². The van der Waals surface area contributed by atoms with E-state index < -0.39 is 0 Å². The molecule has 186 valence electrons. The topological polar surface area (TPSA) is 77.2 Å². The summed E-state index contributed by atoms with van der Waals surface area (Å²) in [5.41, 5.74) is 3.84. The number of methoxy groups -OCH3 is 1. The number of anilines is 2. The highest BCUT2D eigenvalue weighted by Gasteiger charge is 2.33. The number of aryl methyl sites for hydroxylation is 2. The molecule has 36 heavy (non-hydrogen) atoms. The van der Waals surface area contributed by atoms with E-state index in [1.165, 1.54) is 12.1 Å². The minimum Gasteiger partial charge on any atom is -0.382 e. The number of ether oxygens (including phenoxy) is 1. The first-order valence-corrected chi connectivity index (χ1v) is 11.9. The Hall–Kier alpha value is -3.69. The molecule has 1 atom stereocenters. The van der Waals surface area contributed by atoms with Crippen LogP contribution in [0.2, 0.25) is 5.02 Å². The van der Waals surface area contributed by atoms with E-state index in [0.717, 1.165) is 28.1 Å². The first kappa shape index (κ1) is 24.0. The standard InChI is InChI=1S/C26H26ClFN6O2/c1-16-8-19(28)5-4-17(16)13-34-20(15-36-3)14-33-12-18(9-23(33)26(34)35)21-10-24(29-11-22(21)27)31-25-6-7-30-32(25)2/h4-12,20H,13-15H2,1-3H3,(H,29,31). The summed E-state index contributed by atoms with van der Waals surface area (Å²) in [6.45, 7) is 3.17. The predicted molar refractivity (Wildman–Crippen MR) is 136 cm³/mol. The number of rotatable bonds is 7. The quantitative estimate of drug-likeness (QED) is 0.388. The van der Waals surface area contributed by atoms with Gasteiger partial charge in [-0.25, -0.2) is 9.37 Å². The van der Waals surface area contributed by atoms with Crippen LogP contribution in [0.15, 0.2) is 55.0 Å². The lowest BCUT2D eigenvalue weighted by Gasteiger charge is -2.36. The fourth-order valence-electron chi connectivity index (χ4n) is 4.54. The third-order valence-corrected chi connectivity index (χ3v) is 6.77. The minimum atomic E-state index is -0.292. The van der Waals surface area contributed by atoms with Gasteiger partial charge in [-0.15, -0.1) is 0 Å². The second-order valence-corrected chi connectivity index (χ2v) is 9.30. The van der Waals surface area contributed by atoms with Crippen molar-refractivity contribution in [2.75, 3.05) is 19.0 Å². The number of hydrogen-bond acceptors (Lipinski definition) is 5. The highest BCUT2D eigenvalue weighted by Crippen LogP contribution is 2.34. The van der Waals surface area contributed by atoms with Crippen LogP contribution < -0.4 is 5.32 Å². The summed E-state index contributed by atoms with van der Waals surface area (Å²) in [5, 5.41) is 7.87. The van der Waals surface area contributed by atoms with Gasteiger partial charge >= 0.3 is 0 Å². The summed E-state index contributed by atoms with van der Waals surface area (Å²) in [6.07, 6.45) is 5.22. The van der Waals surface area contributed by atoms with E-state index in [9.17, 15) is 9.18 Å². The Bertz CT molecular complexity index is 1430. The van der Waals surface area contributed by atoms with Gasteiger partial charge in [0.05, 0.1) is 23.9 Å². The van der Waals surface area contributed by atoms with Gasteiger partial charge in [0.25, 0.3) is 5.91 Å². The number of nitrogens with one attached hydrogen (secondary N) is 1. The molecule has 0 spiro atoms. The fraction of sp³-hybridized carbons (Fsp3) is 0.269. The third-order valence-electron chi connectivity index (χ3n) is 6.47. The molecule has 0 aliphatic carbocycles. The summed E-state index contributed by atoms with van der Waals surface area (Å²) in [6, 6.07) is 10.0. The molecule has 1 N–H and O–H groups in total. The average Bonchev–Trinajstić information content (AvgIpc) is 3.45. The van der Waals surface area contributed by atoms with Gasteiger partial charge in [-0.1, -0.05) is 17.7 Å². The second-order valence-electron chi connectivity index (χ2n) is 8.89. The van der Waals surface area contributed by atoms with Gasteiger partial charge in [0.15, 0.2) is 0 Å². The average molecular weight is 509 g/mol. The number of nitrogens with zero attached hydrogens (tertiary/aromatic N) is 5. The van der Waals surface area contributed by atoms with Crippen molar-refractivity contribution in [3.63, 3.8) is 0 Å². The van der Waals surface area contributed by atoms with Crippen LogP contribution in [0.3, 0.4) is 0 Å². The van der Waals surface area contributed by atoms with E-state index in [-0.39, 0.29) is 17.8 Å². The molecule has 1 aliphatic heterocycles. The molecule has 1 aromatic carbocycles. The van der Waals surface area contributed by atoms with E-state index in [1.54, 1.807) is 35.2 Å². The lowest BCUT2D eigenvalue weighted by atomic mass is 10.1. The van der Waals surface area contributed by atoms with Gasteiger partial charge in [0, 0.05) is 56.8 Å². The van der Waals surface area contributed by atoms with Crippen LogP contribution >= 0.6 is 11.6 Å². The van der Waals surface area contributed by atoms with Crippen LogP contribution in [-0.4, -0.2) is 49.9 Å². The SMILES string of the molecule is COCC1Cn2cc(-c3cc(Nc4ccnn4C)ncc3Cl)cc2C(=O)N1Cc1ccc(F)cc1C. The summed E-state index contributed by atoms with van der Waals surface area (Å²) in [4.78, 5) is 19.8. The van der Waals surface area contributed by atoms with Crippen molar-refractivity contribution in [1.29, 1.82) is 0 Å². The van der Waals surface area contributed by atoms with Crippen LogP contribution in [0, 0.1) is 12.7 Å². The molecular formula is C26H26ClFN6O2. The third kappa shape index (κ3) is 4.59. The van der Waals surface area contributed by atoms with Crippen molar-refractivity contribution in [2.24, 2.45) is 7.05 Å². The predicted octanol–water partition coefficient (Wildman–Crippen LogP) is 4.80. The Morgan fingerprint density at radius 1 is 1.25 bits per heavy atom. The zero-order valence-electron chi connectivity index (χ0n) is 20.2. The smallest absolute Gasteiger partial charge is 0.271 e. The molecule has 0 bridgehead atoms. The number of carbonyl (C=O) groups excluding carboxylic acids is 1. The zero-order chi connectivity index (χ0) is 25.4. The van der Waals surface area contributed by atoms with Crippen LogP contribution in [0.25, 0.3) is 11.1 Å². The van der Waals surface area contributed by atoms with Crippen molar-refractivity contribution >= 4 is 29.1 Å². The first-order valence-electron chi connectivity index (χ1n) is 11.5. The van der Waals surface area contributed by atoms with Crippen molar-refractivity contribution in [2.45, 2.75) is 26.1 Å². The lowest BCUT2D eigenvalue weighted by Crippen LogP contribution is -2.49. The largest absolute Gasteiger partial charge is 0.382 e. The molecule has 1 unspecified atom stereocenters. The Balaban J connectivity index is 1.47. The summed E-state index contributed by atoms with van der Waals surface area (Å²) in [5.74, 6) is 0.992. The molecule has 10 heteroatoms. The zero-order valence-corrected chi connectivity index (χ0v) is 21.0. The lowest BCUT2D eigenvalue weighted by molar-refractivity contribution is 0.0388. The first-order chi connectivity index (χ1) is 17.3. The van der Waals surface area contributed by atoms with Crippen molar-refractivity contribution in [3.05, 3.63) is 82.6 Å². The van der Waals surface area contributed by atoms with Gasteiger partial charge in [-0.2, -0.15) is 5.10 Å². The Labute approximate surface area is 213 Å². The number of fused-ring (bicyclic) bond motifs is 1. The molecule has 0 fully saturated rings.